The molecule has 1 aromatic rings. The molecule has 1 N–H and O–H groups in total. The molecule has 0 spiro atoms. The molecule has 0 radical (unpaired) electrons. The van der Waals surface area contributed by atoms with E-state index in [9.17, 15) is 9.70 Å². The maximum Gasteiger partial charge on any atom is 0.252 e. The number of amides is 1. The first-order valence-electron chi connectivity index (χ1n) is 4.13. The summed E-state index contributed by atoms with van der Waals surface area (Å²) in [6.07, 6.45) is 0. The largest absolute Gasteiger partial charge is 0.324 e. The lowest BCUT2D eigenvalue weighted by molar-refractivity contribution is -0.117. The predicted molar refractivity (Wildman–Crippen MR) is 60.3 cm³/mol. The van der Waals surface area contributed by atoms with Crippen molar-refractivity contribution in [1.29, 1.82) is 0 Å². The van der Waals surface area contributed by atoms with Gasteiger partial charge in [0.05, 0.1) is 10.0 Å². The van der Waals surface area contributed by atoms with Crippen LogP contribution in [0.2, 0.25) is 10.0 Å². The Labute approximate surface area is 96.5 Å². The molecule has 1 atom stereocenters. The van der Waals surface area contributed by atoms with Gasteiger partial charge in [-0.3, -0.25) is 4.79 Å². The maximum absolute atomic E-state index is 11.3. The van der Waals surface area contributed by atoms with Gasteiger partial charge < -0.3 is 5.32 Å². The van der Waals surface area contributed by atoms with Crippen LogP contribution in [0.4, 0.5) is 5.69 Å². The van der Waals surface area contributed by atoms with Crippen LogP contribution in [-0.4, -0.2) is 11.9 Å². The van der Waals surface area contributed by atoms with Gasteiger partial charge in [-0.2, -0.15) is 0 Å². The van der Waals surface area contributed by atoms with E-state index in [2.05, 4.69) is 10.5 Å². The van der Waals surface area contributed by atoms with Gasteiger partial charge in [0, 0.05) is 5.69 Å². The molecule has 6 heteroatoms. The van der Waals surface area contributed by atoms with Crippen molar-refractivity contribution in [3.05, 3.63) is 33.2 Å². The first kappa shape index (κ1) is 11.9. The van der Waals surface area contributed by atoms with Crippen molar-refractivity contribution >= 4 is 34.8 Å². The third-order valence-electron chi connectivity index (χ3n) is 1.72. The van der Waals surface area contributed by atoms with Crippen LogP contribution in [0.3, 0.4) is 0 Å². The van der Waals surface area contributed by atoms with Gasteiger partial charge in [0.25, 0.3) is 5.91 Å². The Hall–Kier alpha value is -1.13. The van der Waals surface area contributed by atoms with Gasteiger partial charge in [0.1, 0.15) is 0 Å². The van der Waals surface area contributed by atoms with Crippen molar-refractivity contribution in [1.82, 2.24) is 0 Å². The Morgan fingerprint density at radius 2 is 2.07 bits per heavy atom. The summed E-state index contributed by atoms with van der Waals surface area (Å²) < 4.78 is 0. The number of halogens is 2. The summed E-state index contributed by atoms with van der Waals surface area (Å²) >= 11 is 11.4. The van der Waals surface area contributed by atoms with Crippen LogP contribution in [0, 0.1) is 4.91 Å². The molecule has 1 amide bonds. The molecule has 0 aliphatic heterocycles. The Morgan fingerprint density at radius 3 is 2.60 bits per heavy atom. The fourth-order valence-corrected chi connectivity index (χ4v) is 1.17. The number of hydrogen-bond donors (Lipinski definition) is 1. The van der Waals surface area contributed by atoms with Crippen LogP contribution in [0.15, 0.2) is 23.4 Å². The second-order valence-electron chi connectivity index (χ2n) is 2.90. The van der Waals surface area contributed by atoms with Crippen molar-refractivity contribution in [2.75, 3.05) is 5.32 Å². The maximum atomic E-state index is 11.3. The Morgan fingerprint density at radius 1 is 1.40 bits per heavy atom. The third kappa shape index (κ3) is 3.18. The predicted octanol–water partition coefficient (Wildman–Crippen LogP) is 3.09. The number of nitrogens with zero attached hydrogens (tertiary/aromatic N) is 1. The summed E-state index contributed by atoms with van der Waals surface area (Å²) in [5.41, 5.74) is 0.477. The first-order chi connectivity index (χ1) is 7.04. The van der Waals surface area contributed by atoms with E-state index in [4.69, 9.17) is 23.2 Å². The highest BCUT2D eigenvalue weighted by molar-refractivity contribution is 6.42. The summed E-state index contributed by atoms with van der Waals surface area (Å²) in [4.78, 5) is 21.4. The SMILES string of the molecule is CC(N=O)C(=O)Nc1ccc(Cl)c(Cl)c1. The van der Waals surface area contributed by atoms with E-state index < -0.39 is 11.9 Å². The van der Waals surface area contributed by atoms with Crippen LogP contribution in [-0.2, 0) is 4.79 Å². The molecule has 15 heavy (non-hydrogen) atoms. The summed E-state index contributed by atoms with van der Waals surface area (Å²) in [5.74, 6) is -0.483. The standard InChI is InChI=1S/C9H8Cl2N2O2/c1-5(13-15)9(14)12-6-2-3-7(10)8(11)4-6/h2-5H,1H3,(H,12,14). The molecular formula is C9H8Cl2N2O2. The molecule has 0 saturated heterocycles. The molecule has 0 aliphatic rings. The lowest BCUT2D eigenvalue weighted by Crippen LogP contribution is -2.22. The molecule has 1 rings (SSSR count). The Kier molecular flexibility index (Phi) is 4.05. The first-order valence-corrected chi connectivity index (χ1v) is 4.88. The molecule has 1 unspecified atom stereocenters. The van der Waals surface area contributed by atoms with Crippen molar-refractivity contribution < 1.29 is 4.79 Å². The molecular weight excluding hydrogens is 239 g/mol. The monoisotopic (exact) mass is 246 g/mol. The van der Waals surface area contributed by atoms with Gasteiger partial charge >= 0.3 is 0 Å². The van der Waals surface area contributed by atoms with E-state index in [0.717, 1.165) is 0 Å². The van der Waals surface area contributed by atoms with Crippen molar-refractivity contribution in [2.45, 2.75) is 13.0 Å². The number of anilines is 1. The molecule has 4 nitrogen and oxygen atoms in total. The minimum atomic E-state index is -0.931. The summed E-state index contributed by atoms with van der Waals surface area (Å²) in [5, 5.41) is 5.82. The van der Waals surface area contributed by atoms with Gasteiger partial charge in [0.2, 0.25) is 0 Å². The van der Waals surface area contributed by atoms with Crippen LogP contribution in [0.5, 0.6) is 0 Å². The van der Waals surface area contributed by atoms with E-state index in [1.54, 1.807) is 12.1 Å². The quantitative estimate of drug-likeness (QED) is 0.834. The normalized spacial score (nSPS) is 11.9. The Balaban J connectivity index is 2.77. The molecule has 0 bridgehead atoms. The van der Waals surface area contributed by atoms with Crippen LogP contribution in [0.25, 0.3) is 0 Å². The fraction of sp³-hybridized carbons (Fsp3) is 0.222. The van der Waals surface area contributed by atoms with Gasteiger partial charge in [-0.05, 0) is 25.1 Å². The average molecular weight is 247 g/mol. The lowest BCUT2D eigenvalue weighted by Gasteiger charge is -2.06. The van der Waals surface area contributed by atoms with Gasteiger partial charge in [-0.1, -0.05) is 28.4 Å². The molecule has 0 aromatic heterocycles. The highest BCUT2D eigenvalue weighted by Crippen LogP contribution is 2.25. The highest BCUT2D eigenvalue weighted by Gasteiger charge is 2.13. The van der Waals surface area contributed by atoms with Gasteiger partial charge in [-0.25, -0.2) is 0 Å². The van der Waals surface area contributed by atoms with E-state index in [-0.39, 0.29) is 0 Å². The number of carbonyl (C=O) groups excluding carboxylic acids is 1. The second kappa shape index (κ2) is 5.09. The van der Waals surface area contributed by atoms with Gasteiger partial charge in [0.15, 0.2) is 6.04 Å². The second-order valence-corrected chi connectivity index (χ2v) is 3.71. The minimum absolute atomic E-state index is 0.334. The molecule has 0 fully saturated rings. The zero-order valence-corrected chi connectivity index (χ0v) is 9.34. The summed E-state index contributed by atoms with van der Waals surface area (Å²) in [6.45, 7) is 1.40. The highest BCUT2D eigenvalue weighted by atomic mass is 35.5. The van der Waals surface area contributed by atoms with E-state index in [1.807, 2.05) is 0 Å². The van der Waals surface area contributed by atoms with E-state index in [0.29, 0.717) is 15.7 Å². The Bertz CT molecular complexity index is 396. The topological polar surface area (TPSA) is 58.5 Å². The molecule has 0 saturated carbocycles. The van der Waals surface area contributed by atoms with Crippen LogP contribution >= 0.6 is 23.2 Å². The molecule has 80 valence electrons. The molecule has 0 aliphatic carbocycles. The van der Waals surface area contributed by atoms with E-state index >= 15 is 0 Å². The zero-order chi connectivity index (χ0) is 11.4. The van der Waals surface area contributed by atoms with E-state index in [1.165, 1.54) is 13.0 Å². The minimum Gasteiger partial charge on any atom is -0.324 e. The number of benzene rings is 1. The fourth-order valence-electron chi connectivity index (χ4n) is 0.868. The number of nitroso groups, excluding NO2 is 1. The molecule has 0 heterocycles. The smallest absolute Gasteiger partial charge is 0.252 e. The van der Waals surface area contributed by atoms with Crippen molar-refractivity contribution in [3.8, 4) is 0 Å². The number of carbonyl (C=O) groups is 1. The number of rotatable bonds is 3. The van der Waals surface area contributed by atoms with Crippen LogP contribution in [0.1, 0.15) is 6.92 Å². The van der Waals surface area contributed by atoms with Crippen molar-refractivity contribution in [2.24, 2.45) is 5.18 Å². The van der Waals surface area contributed by atoms with Gasteiger partial charge in [-0.15, -0.1) is 4.91 Å². The molecule has 1 aromatic carbocycles. The average Bonchev–Trinajstić information content (AvgIpc) is 2.22. The number of hydrogen-bond acceptors (Lipinski definition) is 3. The van der Waals surface area contributed by atoms with Crippen molar-refractivity contribution in [3.63, 3.8) is 0 Å². The summed E-state index contributed by atoms with van der Waals surface area (Å²) in [7, 11) is 0. The van der Waals surface area contributed by atoms with Crippen LogP contribution < -0.4 is 5.32 Å². The summed E-state index contributed by atoms with van der Waals surface area (Å²) in [6, 6.07) is 3.71. The lowest BCUT2D eigenvalue weighted by atomic mass is 10.3. The number of nitrogens with one attached hydrogen (secondary N) is 1. The zero-order valence-electron chi connectivity index (χ0n) is 7.83. The third-order valence-corrected chi connectivity index (χ3v) is 2.46.